The summed E-state index contributed by atoms with van der Waals surface area (Å²) in [5.74, 6) is 0.400. The van der Waals surface area contributed by atoms with Crippen molar-refractivity contribution in [2.24, 2.45) is 5.92 Å². The summed E-state index contributed by atoms with van der Waals surface area (Å²) in [6.07, 6.45) is 8.00. The Bertz CT molecular complexity index is 201. The van der Waals surface area contributed by atoms with E-state index in [-0.39, 0.29) is 6.10 Å². The number of hydrogen-bond acceptors (Lipinski definition) is 1. The van der Waals surface area contributed by atoms with Crippen LogP contribution in [0.4, 0.5) is 0 Å². The summed E-state index contributed by atoms with van der Waals surface area (Å²) in [5.41, 5.74) is 1.27. The van der Waals surface area contributed by atoms with Crippen molar-refractivity contribution in [2.45, 2.75) is 20.0 Å². The molecule has 1 aliphatic rings. The highest BCUT2D eigenvalue weighted by atomic mass is 16.5. The highest BCUT2D eigenvalue weighted by Crippen LogP contribution is 2.26. The number of allylic oxidation sites excluding steroid dienone is 1. The van der Waals surface area contributed by atoms with Crippen molar-refractivity contribution >= 4 is 0 Å². The van der Waals surface area contributed by atoms with E-state index in [0.717, 1.165) is 0 Å². The molecule has 1 heterocycles. The van der Waals surface area contributed by atoms with Gasteiger partial charge in [0.2, 0.25) is 0 Å². The molecule has 0 aliphatic carbocycles. The fourth-order valence-electron chi connectivity index (χ4n) is 1.28. The van der Waals surface area contributed by atoms with Crippen LogP contribution in [0.3, 0.4) is 0 Å². The van der Waals surface area contributed by atoms with Crippen LogP contribution in [0.2, 0.25) is 0 Å². The van der Waals surface area contributed by atoms with Crippen LogP contribution in [0.5, 0.6) is 0 Å². The van der Waals surface area contributed by atoms with E-state index in [2.05, 4.69) is 19.6 Å². The Morgan fingerprint density at radius 1 is 1.64 bits per heavy atom. The van der Waals surface area contributed by atoms with Gasteiger partial charge in [-0.15, -0.1) is 0 Å². The molecule has 0 fully saturated rings. The van der Waals surface area contributed by atoms with Gasteiger partial charge >= 0.3 is 0 Å². The van der Waals surface area contributed by atoms with Crippen molar-refractivity contribution in [3.8, 4) is 0 Å². The Morgan fingerprint density at radius 3 is 2.91 bits per heavy atom. The van der Waals surface area contributed by atoms with Gasteiger partial charge in [0, 0.05) is 5.92 Å². The van der Waals surface area contributed by atoms with Gasteiger partial charge in [0.1, 0.15) is 6.10 Å². The van der Waals surface area contributed by atoms with Crippen LogP contribution in [0, 0.1) is 5.92 Å². The summed E-state index contributed by atoms with van der Waals surface area (Å²) in [5, 5.41) is 0. The molecule has 0 aromatic carbocycles. The van der Waals surface area contributed by atoms with Crippen LogP contribution >= 0.6 is 0 Å². The van der Waals surface area contributed by atoms with Crippen LogP contribution in [0.1, 0.15) is 13.8 Å². The monoisotopic (exact) mass is 150 g/mol. The molecule has 0 spiro atoms. The fourth-order valence-corrected chi connectivity index (χ4v) is 1.28. The predicted molar refractivity (Wildman–Crippen MR) is 47.1 cm³/mol. The van der Waals surface area contributed by atoms with Crippen molar-refractivity contribution in [2.75, 3.05) is 0 Å². The molecule has 0 saturated carbocycles. The van der Waals surface area contributed by atoms with Gasteiger partial charge < -0.3 is 4.74 Å². The van der Waals surface area contributed by atoms with Crippen molar-refractivity contribution < 1.29 is 4.74 Å². The molecule has 2 unspecified atom stereocenters. The lowest BCUT2D eigenvalue weighted by Gasteiger charge is -2.11. The van der Waals surface area contributed by atoms with Gasteiger partial charge in [0.15, 0.2) is 0 Å². The third kappa shape index (κ3) is 1.53. The molecule has 1 aliphatic heterocycles. The van der Waals surface area contributed by atoms with Gasteiger partial charge in [-0.3, -0.25) is 0 Å². The molecule has 0 bridgehead atoms. The Labute approximate surface area is 68.1 Å². The van der Waals surface area contributed by atoms with Crippen molar-refractivity contribution in [3.63, 3.8) is 0 Å². The SMILES string of the molecule is C=CC1OC=C(C)C1/C=C\C. The lowest BCUT2D eigenvalue weighted by Crippen LogP contribution is -2.12. The molecule has 11 heavy (non-hydrogen) atoms. The summed E-state index contributed by atoms with van der Waals surface area (Å²) >= 11 is 0. The normalized spacial score (nSPS) is 30.2. The first kappa shape index (κ1) is 8.12. The molecule has 0 aromatic heterocycles. The summed E-state index contributed by atoms with van der Waals surface area (Å²) in [6.45, 7) is 7.81. The van der Waals surface area contributed by atoms with Gasteiger partial charge in [-0.2, -0.15) is 0 Å². The van der Waals surface area contributed by atoms with Crippen LogP contribution in [-0.4, -0.2) is 6.10 Å². The zero-order valence-electron chi connectivity index (χ0n) is 7.08. The molecule has 0 aromatic rings. The molecular weight excluding hydrogens is 136 g/mol. The number of hydrogen-bond donors (Lipinski definition) is 0. The largest absolute Gasteiger partial charge is 0.493 e. The van der Waals surface area contributed by atoms with Gasteiger partial charge in [0.25, 0.3) is 0 Å². The maximum absolute atomic E-state index is 5.35. The molecule has 0 radical (unpaired) electrons. The smallest absolute Gasteiger partial charge is 0.126 e. The number of ether oxygens (including phenoxy) is 1. The van der Waals surface area contributed by atoms with E-state index in [0.29, 0.717) is 5.92 Å². The van der Waals surface area contributed by atoms with Crippen molar-refractivity contribution in [1.82, 2.24) is 0 Å². The summed E-state index contributed by atoms with van der Waals surface area (Å²) in [6, 6.07) is 0. The average Bonchev–Trinajstić information content (AvgIpc) is 2.34. The minimum Gasteiger partial charge on any atom is -0.493 e. The summed E-state index contributed by atoms with van der Waals surface area (Å²) in [4.78, 5) is 0. The van der Waals surface area contributed by atoms with Gasteiger partial charge in [-0.1, -0.05) is 24.8 Å². The van der Waals surface area contributed by atoms with E-state index in [4.69, 9.17) is 4.74 Å². The second-order valence-corrected chi connectivity index (χ2v) is 2.75. The topological polar surface area (TPSA) is 9.23 Å². The van der Waals surface area contributed by atoms with E-state index in [9.17, 15) is 0 Å². The van der Waals surface area contributed by atoms with E-state index >= 15 is 0 Å². The fraction of sp³-hybridized carbons (Fsp3) is 0.400. The molecule has 0 amide bonds. The van der Waals surface area contributed by atoms with Crippen molar-refractivity contribution in [3.05, 3.63) is 36.6 Å². The second kappa shape index (κ2) is 3.42. The standard InChI is InChI=1S/C10H14O/c1-4-6-9-8(3)7-11-10(9)5-2/h4-7,9-10H,2H2,1,3H3/b6-4-. The van der Waals surface area contributed by atoms with Crippen LogP contribution in [-0.2, 0) is 4.74 Å². The molecule has 1 heteroatoms. The minimum atomic E-state index is 0.145. The first-order chi connectivity index (χ1) is 5.29. The molecule has 1 rings (SSSR count). The first-order valence-electron chi connectivity index (χ1n) is 3.87. The molecule has 2 atom stereocenters. The molecular formula is C10H14O. The Morgan fingerprint density at radius 2 is 2.36 bits per heavy atom. The van der Waals surface area contributed by atoms with E-state index < -0.39 is 0 Å². The maximum atomic E-state index is 5.35. The zero-order chi connectivity index (χ0) is 8.27. The molecule has 0 N–H and O–H groups in total. The Kier molecular flexibility index (Phi) is 2.53. The lowest BCUT2D eigenvalue weighted by molar-refractivity contribution is 0.193. The summed E-state index contributed by atoms with van der Waals surface area (Å²) < 4.78 is 5.35. The molecule has 1 nitrogen and oxygen atoms in total. The Hall–Kier alpha value is -0.980. The lowest BCUT2D eigenvalue weighted by atomic mass is 9.97. The van der Waals surface area contributed by atoms with Crippen LogP contribution < -0.4 is 0 Å². The molecule has 0 saturated heterocycles. The second-order valence-electron chi connectivity index (χ2n) is 2.75. The number of rotatable bonds is 2. The van der Waals surface area contributed by atoms with Crippen LogP contribution in [0.25, 0.3) is 0 Å². The third-order valence-electron chi connectivity index (χ3n) is 1.92. The van der Waals surface area contributed by atoms with E-state index in [1.807, 2.05) is 25.3 Å². The van der Waals surface area contributed by atoms with E-state index in [1.165, 1.54) is 5.57 Å². The first-order valence-corrected chi connectivity index (χ1v) is 3.87. The zero-order valence-corrected chi connectivity index (χ0v) is 7.08. The van der Waals surface area contributed by atoms with Crippen LogP contribution in [0.15, 0.2) is 36.6 Å². The van der Waals surface area contributed by atoms with Gasteiger partial charge in [-0.25, -0.2) is 0 Å². The highest BCUT2D eigenvalue weighted by molar-refractivity contribution is 5.18. The van der Waals surface area contributed by atoms with Gasteiger partial charge in [-0.05, 0) is 19.4 Å². The predicted octanol–water partition coefficient (Wildman–Crippen LogP) is 2.67. The average molecular weight is 150 g/mol. The van der Waals surface area contributed by atoms with Gasteiger partial charge in [0.05, 0.1) is 6.26 Å². The Balaban J connectivity index is 2.71. The third-order valence-corrected chi connectivity index (χ3v) is 1.92. The molecule has 60 valence electrons. The quantitative estimate of drug-likeness (QED) is 0.550. The maximum Gasteiger partial charge on any atom is 0.126 e. The minimum absolute atomic E-state index is 0.145. The van der Waals surface area contributed by atoms with E-state index in [1.54, 1.807) is 0 Å². The summed E-state index contributed by atoms with van der Waals surface area (Å²) in [7, 11) is 0. The highest BCUT2D eigenvalue weighted by Gasteiger charge is 2.23. The van der Waals surface area contributed by atoms with Crippen molar-refractivity contribution in [1.29, 1.82) is 0 Å².